The van der Waals surface area contributed by atoms with Crippen molar-refractivity contribution in [1.82, 2.24) is 0 Å². The Bertz CT molecular complexity index is 549. The van der Waals surface area contributed by atoms with Gasteiger partial charge >= 0.3 is 0 Å². The summed E-state index contributed by atoms with van der Waals surface area (Å²) in [5.41, 5.74) is 3.00. The first kappa shape index (κ1) is 13.2. The Morgan fingerprint density at radius 1 is 1.17 bits per heavy atom. The van der Waals surface area contributed by atoms with Crippen LogP contribution in [-0.4, -0.2) is 6.29 Å². The molecule has 0 N–H and O–H groups in total. The topological polar surface area (TPSA) is 17.1 Å². The second-order valence-electron chi connectivity index (χ2n) is 4.07. The molecule has 2 rings (SSSR count). The molecular weight excluding hydrogens is 264 g/mol. The summed E-state index contributed by atoms with van der Waals surface area (Å²) in [6.45, 7) is 2.03. The molecule has 0 unspecified atom stereocenters. The normalized spacial score (nSPS) is 10.3. The molecule has 0 aromatic heterocycles. The first-order chi connectivity index (χ1) is 8.69. The number of aldehydes is 1. The van der Waals surface area contributed by atoms with E-state index >= 15 is 0 Å². The molecular formula is C15H13ClOS. The van der Waals surface area contributed by atoms with E-state index in [0.717, 1.165) is 27.5 Å². The van der Waals surface area contributed by atoms with Crippen LogP contribution in [0.3, 0.4) is 0 Å². The molecule has 2 aromatic rings. The third-order valence-electron chi connectivity index (χ3n) is 2.62. The number of carbonyl (C=O) groups is 1. The average Bonchev–Trinajstić information content (AvgIpc) is 2.38. The molecule has 1 nitrogen and oxygen atoms in total. The standard InChI is InChI=1S/C15H13ClOS/c1-11-2-5-13(15(16)8-11)10-18-14-6-3-12(9-17)4-7-14/h2-9H,10H2,1H3. The van der Waals surface area contributed by atoms with Gasteiger partial charge in [-0.05, 0) is 36.2 Å². The lowest BCUT2D eigenvalue weighted by molar-refractivity contribution is 0.112. The van der Waals surface area contributed by atoms with Crippen LogP contribution >= 0.6 is 23.4 Å². The van der Waals surface area contributed by atoms with Gasteiger partial charge in [0, 0.05) is 21.2 Å². The van der Waals surface area contributed by atoms with Gasteiger partial charge in [-0.3, -0.25) is 4.79 Å². The second kappa shape index (κ2) is 6.07. The van der Waals surface area contributed by atoms with Crippen LogP contribution in [-0.2, 0) is 5.75 Å². The highest BCUT2D eigenvalue weighted by atomic mass is 35.5. The molecule has 0 spiro atoms. The van der Waals surface area contributed by atoms with Crippen molar-refractivity contribution >= 4 is 29.6 Å². The predicted octanol–water partition coefficient (Wildman–Crippen LogP) is 4.75. The minimum Gasteiger partial charge on any atom is -0.298 e. The van der Waals surface area contributed by atoms with E-state index < -0.39 is 0 Å². The lowest BCUT2D eigenvalue weighted by Crippen LogP contribution is -1.84. The Morgan fingerprint density at radius 2 is 1.89 bits per heavy atom. The van der Waals surface area contributed by atoms with E-state index in [-0.39, 0.29) is 0 Å². The molecule has 18 heavy (non-hydrogen) atoms. The molecule has 0 aliphatic carbocycles. The quantitative estimate of drug-likeness (QED) is 0.592. The lowest BCUT2D eigenvalue weighted by atomic mass is 10.2. The molecule has 0 saturated carbocycles. The van der Waals surface area contributed by atoms with Crippen LogP contribution in [0.4, 0.5) is 0 Å². The zero-order chi connectivity index (χ0) is 13.0. The summed E-state index contributed by atoms with van der Waals surface area (Å²) in [6.07, 6.45) is 0.852. The number of hydrogen-bond acceptors (Lipinski definition) is 2. The zero-order valence-electron chi connectivity index (χ0n) is 10.0. The third kappa shape index (κ3) is 3.37. The van der Waals surface area contributed by atoms with E-state index in [9.17, 15) is 4.79 Å². The zero-order valence-corrected chi connectivity index (χ0v) is 11.6. The fourth-order valence-corrected chi connectivity index (χ4v) is 2.86. The molecule has 0 fully saturated rings. The maximum absolute atomic E-state index is 10.5. The van der Waals surface area contributed by atoms with Crippen LogP contribution in [0.1, 0.15) is 21.5 Å². The fourth-order valence-electron chi connectivity index (χ4n) is 1.57. The van der Waals surface area contributed by atoms with Crippen LogP contribution < -0.4 is 0 Å². The van der Waals surface area contributed by atoms with Crippen molar-refractivity contribution in [3.8, 4) is 0 Å². The molecule has 3 heteroatoms. The fraction of sp³-hybridized carbons (Fsp3) is 0.133. The molecule has 0 bridgehead atoms. The summed E-state index contributed by atoms with van der Waals surface area (Å²) >= 11 is 7.90. The third-order valence-corrected chi connectivity index (χ3v) is 4.03. The Kier molecular flexibility index (Phi) is 4.45. The van der Waals surface area contributed by atoms with E-state index in [2.05, 4.69) is 12.1 Å². The van der Waals surface area contributed by atoms with E-state index in [1.807, 2.05) is 37.3 Å². The maximum Gasteiger partial charge on any atom is 0.150 e. The average molecular weight is 277 g/mol. The number of rotatable bonds is 4. The van der Waals surface area contributed by atoms with Crippen molar-refractivity contribution in [2.75, 3.05) is 0 Å². The first-order valence-corrected chi connectivity index (χ1v) is 6.98. The smallest absolute Gasteiger partial charge is 0.150 e. The lowest BCUT2D eigenvalue weighted by Gasteiger charge is -2.05. The number of carbonyl (C=O) groups excluding carboxylic acids is 1. The van der Waals surface area contributed by atoms with Gasteiger partial charge in [0.05, 0.1) is 0 Å². The molecule has 0 amide bonds. The Balaban J connectivity index is 2.04. The van der Waals surface area contributed by atoms with Gasteiger partial charge in [0.1, 0.15) is 6.29 Å². The summed E-state index contributed by atoms with van der Waals surface area (Å²) in [7, 11) is 0. The summed E-state index contributed by atoms with van der Waals surface area (Å²) in [4.78, 5) is 11.7. The van der Waals surface area contributed by atoms with Crippen molar-refractivity contribution in [3.63, 3.8) is 0 Å². The highest BCUT2D eigenvalue weighted by Gasteiger charge is 2.02. The van der Waals surface area contributed by atoms with Gasteiger partial charge in [0.2, 0.25) is 0 Å². The SMILES string of the molecule is Cc1ccc(CSc2ccc(C=O)cc2)c(Cl)c1. The molecule has 0 aliphatic heterocycles. The minimum atomic E-state index is 0.702. The highest BCUT2D eigenvalue weighted by Crippen LogP contribution is 2.27. The molecule has 92 valence electrons. The Morgan fingerprint density at radius 3 is 2.50 bits per heavy atom. The van der Waals surface area contributed by atoms with E-state index in [1.54, 1.807) is 11.8 Å². The molecule has 0 aliphatic rings. The van der Waals surface area contributed by atoms with Gasteiger partial charge in [-0.2, -0.15) is 0 Å². The van der Waals surface area contributed by atoms with Crippen LogP contribution in [0.15, 0.2) is 47.4 Å². The number of benzene rings is 2. The molecule has 0 heterocycles. The largest absolute Gasteiger partial charge is 0.298 e. The minimum absolute atomic E-state index is 0.702. The van der Waals surface area contributed by atoms with Crippen LogP contribution in [0.2, 0.25) is 5.02 Å². The van der Waals surface area contributed by atoms with Crippen molar-refractivity contribution < 1.29 is 4.79 Å². The molecule has 0 saturated heterocycles. The van der Waals surface area contributed by atoms with Gasteiger partial charge < -0.3 is 0 Å². The van der Waals surface area contributed by atoms with Crippen molar-refractivity contribution in [1.29, 1.82) is 0 Å². The first-order valence-electron chi connectivity index (χ1n) is 5.62. The Labute approximate surface area is 116 Å². The summed E-state index contributed by atoms with van der Waals surface area (Å²) < 4.78 is 0. The number of hydrogen-bond donors (Lipinski definition) is 0. The number of halogens is 1. The number of thioether (sulfide) groups is 1. The monoisotopic (exact) mass is 276 g/mol. The van der Waals surface area contributed by atoms with Crippen molar-refractivity contribution in [2.45, 2.75) is 17.6 Å². The van der Waals surface area contributed by atoms with Crippen molar-refractivity contribution in [2.24, 2.45) is 0 Å². The number of aryl methyl sites for hydroxylation is 1. The van der Waals surface area contributed by atoms with Gasteiger partial charge in [-0.15, -0.1) is 11.8 Å². The molecule has 0 atom stereocenters. The van der Waals surface area contributed by atoms with Gasteiger partial charge in [-0.1, -0.05) is 35.9 Å². The van der Waals surface area contributed by atoms with Crippen LogP contribution in [0.25, 0.3) is 0 Å². The second-order valence-corrected chi connectivity index (χ2v) is 5.53. The maximum atomic E-state index is 10.5. The van der Waals surface area contributed by atoms with E-state index in [0.29, 0.717) is 5.56 Å². The molecule has 2 aromatic carbocycles. The van der Waals surface area contributed by atoms with Crippen LogP contribution in [0.5, 0.6) is 0 Å². The summed E-state index contributed by atoms with van der Waals surface area (Å²) in [5.74, 6) is 0.833. The molecule has 0 radical (unpaired) electrons. The summed E-state index contributed by atoms with van der Waals surface area (Å²) in [5, 5.41) is 0.812. The van der Waals surface area contributed by atoms with Crippen LogP contribution in [0, 0.1) is 6.92 Å². The van der Waals surface area contributed by atoms with Crippen molar-refractivity contribution in [3.05, 3.63) is 64.2 Å². The summed E-state index contributed by atoms with van der Waals surface area (Å²) in [6, 6.07) is 13.7. The predicted molar refractivity (Wildman–Crippen MR) is 77.6 cm³/mol. The van der Waals surface area contributed by atoms with Gasteiger partial charge in [0.25, 0.3) is 0 Å². The van der Waals surface area contributed by atoms with E-state index in [1.165, 1.54) is 5.56 Å². The van der Waals surface area contributed by atoms with E-state index in [4.69, 9.17) is 11.6 Å². The highest BCUT2D eigenvalue weighted by molar-refractivity contribution is 7.98. The van der Waals surface area contributed by atoms with Gasteiger partial charge in [0.15, 0.2) is 0 Å². The van der Waals surface area contributed by atoms with Gasteiger partial charge in [-0.25, -0.2) is 0 Å². The Hall–Kier alpha value is -1.25.